The van der Waals surface area contributed by atoms with Gasteiger partial charge in [0.2, 0.25) is 5.91 Å². The van der Waals surface area contributed by atoms with Crippen molar-refractivity contribution in [1.82, 2.24) is 4.90 Å². The van der Waals surface area contributed by atoms with Crippen molar-refractivity contribution < 1.29 is 4.79 Å². The molecule has 0 saturated heterocycles. The molecule has 114 valence electrons. The van der Waals surface area contributed by atoms with Gasteiger partial charge in [-0.2, -0.15) is 0 Å². The van der Waals surface area contributed by atoms with Crippen molar-refractivity contribution in [3.63, 3.8) is 0 Å². The molecule has 0 aliphatic rings. The SMILES string of the molecule is CN(C)C(=O)/C=C/CC(Nc1ccccc1)c1ccccc1. The van der Waals surface area contributed by atoms with Gasteiger partial charge in [-0.05, 0) is 30.2 Å². The molecular formula is C19H22N2O. The van der Waals surface area contributed by atoms with Crippen LogP contribution in [0.1, 0.15) is 18.0 Å². The molecule has 22 heavy (non-hydrogen) atoms. The lowest BCUT2D eigenvalue weighted by Gasteiger charge is -2.19. The third-order valence-electron chi connectivity index (χ3n) is 3.39. The molecule has 3 heteroatoms. The Bertz CT molecular complexity index is 606. The highest BCUT2D eigenvalue weighted by atomic mass is 16.2. The molecular weight excluding hydrogens is 272 g/mol. The van der Waals surface area contributed by atoms with Crippen molar-refractivity contribution in [3.8, 4) is 0 Å². The number of benzene rings is 2. The summed E-state index contributed by atoms with van der Waals surface area (Å²) in [5.74, 6) is 0.00604. The molecule has 2 aromatic rings. The van der Waals surface area contributed by atoms with E-state index in [0.29, 0.717) is 0 Å². The molecule has 2 aromatic carbocycles. The zero-order valence-electron chi connectivity index (χ0n) is 13.1. The van der Waals surface area contributed by atoms with Gasteiger partial charge in [-0.3, -0.25) is 4.79 Å². The molecule has 0 aliphatic carbocycles. The molecule has 1 atom stereocenters. The van der Waals surface area contributed by atoms with Crippen LogP contribution in [0.5, 0.6) is 0 Å². The van der Waals surface area contributed by atoms with E-state index in [4.69, 9.17) is 0 Å². The summed E-state index contributed by atoms with van der Waals surface area (Å²) in [6.45, 7) is 0. The highest BCUT2D eigenvalue weighted by molar-refractivity contribution is 5.87. The second kappa shape index (κ2) is 8.03. The van der Waals surface area contributed by atoms with Gasteiger partial charge in [0.25, 0.3) is 0 Å². The predicted octanol–water partition coefficient (Wildman–Crippen LogP) is 3.87. The molecule has 0 radical (unpaired) electrons. The van der Waals surface area contributed by atoms with Crippen LogP contribution in [0.15, 0.2) is 72.8 Å². The Balaban J connectivity index is 2.10. The van der Waals surface area contributed by atoms with Gasteiger partial charge in [0.15, 0.2) is 0 Å². The molecule has 2 rings (SSSR count). The molecule has 0 spiro atoms. The van der Waals surface area contributed by atoms with Crippen LogP contribution in [0, 0.1) is 0 Å². The zero-order chi connectivity index (χ0) is 15.8. The van der Waals surface area contributed by atoms with Gasteiger partial charge < -0.3 is 10.2 Å². The number of hydrogen-bond acceptors (Lipinski definition) is 2. The Morgan fingerprint density at radius 2 is 1.64 bits per heavy atom. The molecule has 1 unspecified atom stereocenters. The summed E-state index contributed by atoms with van der Waals surface area (Å²) < 4.78 is 0. The average Bonchev–Trinajstić information content (AvgIpc) is 2.55. The van der Waals surface area contributed by atoms with E-state index in [1.54, 1.807) is 25.1 Å². The minimum Gasteiger partial charge on any atom is -0.378 e. The van der Waals surface area contributed by atoms with Crippen LogP contribution in [0.4, 0.5) is 5.69 Å². The Hall–Kier alpha value is -2.55. The largest absolute Gasteiger partial charge is 0.378 e. The van der Waals surface area contributed by atoms with E-state index >= 15 is 0 Å². The van der Waals surface area contributed by atoms with E-state index in [-0.39, 0.29) is 11.9 Å². The molecule has 0 bridgehead atoms. The number of hydrogen-bond donors (Lipinski definition) is 1. The van der Waals surface area contributed by atoms with Gasteiger partial charge in [0.05, 0.1) is 6.04 Å². The quantitative estimate of drug-likeness (QED) is 0.820. The van der Waals surface area contributed by atoms with Crippen LogP contribution in [0.2, 0.25) is 0 Å². The summed E-state index contributed by atoms with van der Waals surface area (Å²) in [4.78, 5) is 13.2. The van der Waals surface area contributed by atoms with Gasteiger partial charge in [-0.15, -0.1) is 0 Å². The third-order valence-corrected chi connectivity index (χ3v) is 3.39. The van der Waals surface area contributed by atoms with Crippen LogP contribution in [-0.2, 0) is 4.79 Å². The molecule has 1 N–H and O–H groups in total. The van der Waals surface area contributed by atoms with E-state index in [0.717, 1.165) is 12.1 Å². The lowest BCUT2D eigenvalue weighted by molar-refractivity contribution is -0.123. The van der Waals surface area contributed by atoms with Gasteiger partial charge in [0.1, 0.15) is 0 Å². The topological polar surface area (TPSA) is 32.3 Å². The number of nitrogens with one attached hydrogen (secondary N) is 1. The van der Waals surface area contributed by atoms with Crippen LogP contribution in [0.25, 0.3) is 0 Å². The Morgan fingerprint density at radius 3 is 2.23 bits per heavy atom. The van der Waals surface area contributed by atoms with Gasteiger partial charge >= 0.3 is 0 Å². The first-order chi connectivity index (χ1) is 10.7. The molecule has 0 aliphatic heterocycles. The maximum atomic E-state index is 11.6. The van der Waals surface area contributed by atoms with E-state index in [9.17, 15) is 4.79 Å². The first kappa shape index (κ1) is 15.8. The number of anilines is 1. The van der Waals surface area contributed by atoms with Crippen molar-refractivity contribution in [2.45, 2.75) is 12.5 Å². The average molecular weight is 294 g/mol. The predicted molar refractivity (Wildman–Crippen MR) is 91.7 cm³/mol. The standard InChI is InChI=1S/C19H22N2O/c1-21(2)19(22)15-9-14-18(16-10-5-3-6-11-16)20-17-12-7-4-8-13-17/h3-13,15,18,20H,14H2,1-2H3/b15-9+. The number of amides is 1. The molecule has 0 heterocycles. The molecule has 0 aromatic heterocycles. The van der Waals surface area contributed by atoms with Crippen molar-refractivity contribution in [2.75, 3.05) is 19.4 Å². The molecule has 0 fully saturated rings. The zero-order valence-corrected chi connectivity index (χ0v) is 13.1. The summed E-state index contributed by atoms with van der Waals surface area (Å²) in [6, 6.07) is 20.5. The fraction of sp³-hybridized carbons (Fsp3) is 0.211. The highest BCUT2D eigenvalue weighted by Crippen LogP contribution is 2.22. The maximum absolute atomic E-state index is 11.6. The third kappa shape index (κ3) is 4.77. The monoisotopic (exact) mass is 294 g/mol. The summed E-state index contributed by atoms with van der Waals surface area (Å²) in [5.41, 5.74) is 2.27. The van der Waals surface area contributed by atoms with Crippen LogP contribution in [-0.4, -0.2) is 24.9 Å². The lowest BCUT2D eigenvalue weighted by Crippen LogP contribution is -2.19. The Kier molecular flexibility index (Phi) is 5.78. The van der Waals surface area contributed by atoms with Crippen molar-refractivity contribution in [2.24, 2.45) is 0 Å². The molecule has 3 nitrogen and oxygen atoms in total. The van der Waals surface area contributed by atoms with Crippen molar-refractivity contribution in [3.05, 3.63) is 78.4 Å². The summed E-state index contributed by atoms with van der Waals surface area (Å²) in [7, 11) is 3.51. The van der Waals surface area contributed by atoms with Gasteiger partial charge in [-0.25, -0.2) is 0 Å². The van der Waals surface area contributed by atoms with Gasteiger partial charge in [0, 0.05) is 19.8 Å². The van der Waals surface area contributed by atoms with Crippen LogP contribution >= 0.6 is 0 Å². The normalized spacial score (nSPS) is 12.1. The molecule has 0 saturated carbocycles. The number of nitrogens with zero attached hydrogens (tertiary/aromatic N) is 1. The number of rotatable bonds is 6. The second-order valence-electron chi connectivity index (χ2n) is 5.34. The smallest absolute Gasteiger partial charge is 0.245 e. The number of carbonyl (C=O) groups excluding carboxylic acids is 1. The van der Waals surface area contributed by atoms with E-state index in [1.165, 1.54) is 5.56 Å². The first-order valence-corrected chi connectivity index (χ1v) is 7.41. The van der Waals surface area contributed by atoms with Crippen molar-refractivity contribution >= 4 is 11.6 Å². The van der Waals surface area contributed by atoms with Crippen LogP contribution < -0.4 is 5.32 Å². The maximum Gasteiger partial charge on any atom is 0.245 e. The Morgan fingerprint density at radius 1 is 1.05 bits per heavy atom. The fourth-order valence-corrected chi connectivity index (χ4v) is 2.15. The summed E-state index contributed by atoms with van der Waals surface area (Å²) in [5, 5.41) is 3.52. The summed E-state index contributed by atoms with van der Waals surface area (Å²) in [6.07, 6.45) is 4.30. The van der Waals surface area contributed by atoms with Crippen LogP contribution in [0.3, 0.4) is 0 Å². The Labute approximate surface area is 132 Å². The van der Waals surface area contributed by atoms with Gasteiger partial charge in [-0.1, -0.05) is 54.6 Å². The highest BCUT2D eigenvalue weighted by Gasteiger charge is 2.09. The lowest BCUT2D eigenvalue weighted by atomic mass is 10.0. The number of carbonyl (C=O) groups is 1. The minimum absolute atomic E-state index is 0.00604. The summed E-state index contributed by atoms with van der Waals surface area (Å²) >= 11 is 0. The van der Waals surface area contributed by atoms with E-state index in [1.807, 2.05) is 54.6 Å². The molecule has 1 amide bonds. The van der Waals surface area contributed by atoms with Crippen molar-refractivity contribution in [1.29, 1.82) is 0 Å². The van der Waals surface area contributed by atoms with E-state index < -0.39 is 0 Å². The number of likely N-dealkylation sites (N-methyl/N-ethyl adjacent to an activating group) is 1. The first-order valence-electron chi connectivity index (χ1n) is 7.41. The second-order valence-corrected chi connectivity index (χ2v) is 5.34. The number of para-hydroxylation sites is 1. The minimum atomic E-state index is 0.00604. The van der Waals surface area contributed by atoms with E-state index in [2.05, 4.69) is 17.4 Å². The fourth-order valence-electron chi connectivity index (χ4n) is 2.15.